The molecule has 0 spiro atoms. The number of carboxylic acids is 1. The maximum Gasteiger partial charge on any atom is 0.305 e. The van der Waals surface area contributed by atoms with Crippen LogP contribution < -0.4 is 10.1 Å². The molecule has 0 saturated heterocycles. The molecule has 168 valence electrons. The van der Waals surface area contributed by atoms with Crippen molar-refractivity contribution < 1.29 is 14.6 Å². The Hall–Kier alpha value is -3.42. The van der Waals surface area contributed by atoms with Gasteiger partial charge in [-0.15, -0.1) is 0 Å². The minimum Gasteiger partial charge on any atom is -0.481 e. The number of ether oxygens (including phenoxy) is 1. The average Bonchev–Trinajstić information content (AvgIpc) is 3.29. The molecule has 1 atom stereocenters. The largest absolute Gasteiger partial charge is 0.481 e. The standard InChI is InChI=1S/C24H29N5O3/c1-32-22-11-9-18(16-26-22)21(15-23(30)31)29-14-12-20(28-29)7-3-2-6-19-10-8-17-5-4-13-25-24(17)27-19/h8-12,14,16,21H,2-7,13,15H2,1H3,(H,25,27)(H,30,31). The molecule has 32 heavy (non-hydrogen) atoms. The van der Waals surface area contributed by atoms with Crippen molar-refractivity contribution in [1.29, 1.82) is 0 Å². The summed E-state index contributed by atoms with van der Waals surface area (Å²) in [5.74, 6) is 0.660. The molecule has 3 aromatic rings. The lowest BCUT2D eigenvalue weighted by Crippen LogP contribution is -2.16. The van der Waals surface area contributed by atoms with Gasteiger partial charge in [0.05, 0.1) is 25.3 Å². The second-order valence-corrected chi connectivity index (χ2v) is 8.08. The maximum atomic E-state index is 11.4. The minimum absolute atomic E-state index is 0.0623. The molecule has 8 heteroatoms. The number of carboxylic acid groups (broad SMARTS) is 1. The Morgan fingerprint density at radius 1 is 1.19 bits per heavy atom. The lowest BCUT2D eigenvalue weighted by Gasteiger charge is -2.17. The normalized spacial score (nSPS) is 13.8. The highest BCUT2D eigenvalue weighted by Gasteiger charge is 2.19. The summed E-state index contributed by atoms with van der Waals surface area (Å²) in [6, 6.07) is 9.46. The second-order valence-electron chi connectivity index (χ2n) is 8.08. The van der Waals surface area contributed by atoms with Crippen molar-refractivity contribution in [2.24, 2.45) is 0 Å². The summed E-state index contributed by atoms with van der Waals surface area (Å²) in [5.41, 5.74) is 4.18. The summed E-state index contributed by atoms with van der Waals surface area (Å²) in [6.07, 6.45) is 9.52. The topological polar surface area (TPSA) is 102 Å². The van der Waals surface area contributed by atoms with Crippen molar-refractivity contribution in [3.63, 3.8) is 0 Å². The number of methoxy groups -OCH3 is 1. The molecule has 1 aliphatic heterocycles. The molecular weight excluding hydrogens is 406 g/mol. The van der Waals surface area contributed by atoms with Gasteiger partial charge in [0.25, 0.3) is 0 Å². The van der Waals surface area contributed by atoms with Crippen LogP contribution in [0.2, 0.25) is 0 Å². The van der Waals surface area contributed by atoms with E-state index in [0.29, 0.717) is 5.88 Å². The van der Waals surface area contributed by atoms with Crippen LogP contribution in [0.4, 0.5) is 5.82 Å². The number of nitrogens with one attached hydrogen (secondary N) is 1. The van der Waals surface area contributed by atoms with Crippen LogP contribution in [0.5, 0.6) is 5.88 Å². The number of fused-ring (bicyclic) bond motifs is 1. The second kappa shape index (κ2) is 10.3. The van der Waals surface area contributed by atoms with Crippen molar-refractivity contribution in [3.05, 3.63) is 65.2 Å². The summed E-state index contributed by atoms with van der Waals surface area (Å²) in [4.78, 5) is 20.4. The molecule has 4 rings (SSSR count). The third kappa shape index (κ3) is 5.43. The number of nitrogens with zero attached hydrogens (tertiary/aromatic N) is 4. The first-order valence-electron chi connectivity index (χ1n) is 11.1. The molecule has 1 aliphatic rings. The first-order valence-corrected chi connectivity index (χ1v) is 11.1. The lowest BCUT2D eigenvalue weighted by molar-refractivity contribution is -0.137. The van der Waals surface area contributed by atoms with Crippen molar-refractivity contribution in [2.75, 3.05) is 19.0 Å². The monoisotopic (exact) mass is 435 g/mol. The Balaban J connectivity index is 1.34. The fourth-order valence-electron chi connectivity index (χ4n) is 4.04. The minimum atomic E-state index is -0.880. The Kier molecular flexibility index (Phi) is 6.99. The van der Waals surface area contributed by atoms with Gasteiger partial charge in [0.1, 0.15) is 5.82 Å². The van der Waals surface area contributed by atoms with Gasteiger partial charge < -0.3 is 15.2 Å². The zero-order chi connectivity index (χ0) is 22.3. The van der Waals surface area contributed by atoms with E-state index in [-0.39, 0.29) is 6.42 Å². The smallest absolute Gasteiger partial charge is 0.305 e. The molecule has 0 saturated carbocycles. The molecule has 0 aromatic carbocycles. The van der Waals surface area contributed by atoms with E-state index in [0.717, 1.165) is 61.4 Å². The molecule has 0 bridgehead atoms. The van der Waals surface area contributed by atoms with E-state index < -0.39 is 12.0 Å². The van der Waals surface area contributed by atoms with E-state index in [1.807, 2.05) is 18.3 Å². The van der Waals surface area contributed by atoms with Crippen LogP contribution >= 0.6 is 0 Å². The number of aromatic nitrogens is 4. The lowest BCUT2D eigenvalue weighted by atomic mass is 10.1. The van der Waals surface area contributed by atoms with Crippen molar-refractivity contribution in [3.8, 4) is 5.88 Å². The SMILES string of the molecule is COc1ccc(C(CC(=O)O)n2ccc(CCCCc3ccc4c(n3)NCCC4)n2)cn1. The van der Waals surface area contributed by atoms with Crippen molar-refractivity contribution in [1.82, 2.24) is 19.7 Å². The van der Waals surface area contributed by atoms with Crippen LogP contribution in [0, 0.1) is 0 Å². The van der Waals surface area contributed by atoms with Gasteiger partial charge in [0.15, 0.2) is 0 Å². The predicted molar refractivity (Wildman–Crippen MR) is 121 cm³/mol. The fraction of sp³-hybridized carbons (Fsp3) is 0.417. The van der Waals surface area contributed by atoms with Crippen LogP contribution in [-0.2, 0) is 24.1 Å². The van der Waals surface area contributed by atoms with E-state index in [9.17, 15) is 9.90 Å². The van der Waals surface area contributed by atoms with Gasteiger partial charge in [-0.3, -0.25) is 9.48 Å². The van der Waals surface area contributed by atoms with Gasteiger partial charge >= 0.3 is 5.97 Å². The van der Waals surface area contributed by atoms with Gasteiger partial charge in [-0.05, 0) is 67.9 Å². The molecule has 0 fully saturated rings. The van der Waals surface area contributed by atoms with Gasteiger partial charge in [-0.25, -0.2) is 9.97 Å². The fourth-order valence-corrected chi connectivity index (χ4v) is 4.04. The maximum absolute atomic E-state index is 11.4. The van der Waals surface area contributed by atoms with Crippen LogP contribution in [0.15, 0.2) is 42.7 Å². The quantitative estimate of drug-likeness (QED) is 0.469. The predicted octanol–water partition coefficient (Wildman–Crippen LogP) is 3.67. The van der Waals surface area contributed by atoms with Crippen LogP contribution in [0.3, 0.4) is 0 Å². The number of anilines is 1. The molecular formula is C24H29N5O3. The molecule has 0 aliphatic carbocycles. The number of aryl methyl sites for hydroxylation is 3. The van der Waals surface area contributed by atoms with Gasteiger partial charge in [0, 0.05) is 30.7 Å². The van der Waals surface area contributed by atoms with E-state index in [2.05, 4.69) is 27.5 Å². The molecule has 0 radical (unpaired) electrons. The number of hydrogen-bond donors (Lipinski definition) is 2. The van der Waals surface area contributed by atoms with E-state index in [4.69, 9.17) is 9.72 Å². The third-order valence-corrected chi connectivity index (χ3v) is 5.77. The zero-order valence-electron chi connectivity index (χ0n) is 18.3. The molecule has 3 aromatic heterocycles. The van der Waals surface area contributed by atoms with Crippen LogP contribution in [-0.4, -0.2) is 44.5 Å². The number of hydrogen-bond acceptors (Lipinski definition) is 6. The van der Waals surface area contributed by atoms with E-state index in [1.54, 1.807) is 24.1 Å². The molecule has 1 unspecified atom stereocenters. The Labute approximate surface area is 187 Å². The molecule has 0 amide bonds. The van der Waals surface area contributed by atoms with Gasteiger partial charge in [-0.2, -0.15) is 5.10 Å². The van der Waals surface area contributed by atoms with Crippen LogP contribution in [0.1, 0.15) is 54.2 Å². The Morgan fingerprint density at radius 2 is 2.03 bits per heavy atom. The third-order valence-electron chi connectivity index (χ3n) is 5.77. The van der Waals surface area contributed by atoms with E-state index >= 15 is 0 Å². The molecule has 4 heterocycles. The van der Waals surface area contributed by atoms with Gasteiger partial charge in [-0.1, -0.05) is 6.07 Å². The molecule has 8 nitrogen and oxygen atoms in total. The number of pyridine rings is 2. The number of rotatable bonds is 10. The number of carbonyl (C=O) groups is 1. The number of aliphatic carboxylic acids is 1. The van der Waals surface area contributed by atoms with E-state index in [1.165, 1.54) is 12.0 Å². The Bertz CT molecular complexity index is 1050. The summed E-state index contributed by atoms with van der Waals surface area (Å²) in [5, 5.41) is 17.4. The van der Waals surface area contributed by atoms with Crippen molar-refractivity contribution in [2.45, 2.75) is 51.0 Å². The summed E-state index contributed by atoms with van der Waals surface area (Å²) >= 11 is 0. The first kappa shape index (κ1) is 21.8. The highest BCUT2D eigenvalue weighted by Crippen LogP contribution is 2.23. The first-order chi connectivity index (χ1) is 15.6. The van der Waals surface area contributed by atoms with Crippen LogP contribution in [0.25, 0.3) is 0 Å². The summed E-state index contributed by atoms with van der Waals surface area (Å²) in [7, 11) is 1.55. The highest BCUT2D eigenvalue weighted by molar-refractivity contribution is 5.68. The zero-order valence-corrected chi connectivity index (χ0v) is 18.3. The molecule has 2 N–H and O–H groups in total. The Morgan fingerprint density at radius 3 is 2.78 bits per heavy atom. The average molecular weight is 436 g/mol. The summed E-state index contributed by atoms with van der Waals surface area (Å²) < 4.78 is 6.82. The number of unbranched alkanes of at least 4 members (excludes halogenated alkanes) is 1. The summed E-state index contributed by atoms with van der Waals surface area (Å²) in [6.45, 7) is 1.00. The van der Waals surface area contributed by atoms with Crippen molar-refractivity contribution >= 4 is 11.8 Å². The van der Waals surface area contributed by atoms with Gasteiger partial charge in [0.2, 0.25) is 5.88 Å². The highest BCUT2D eigenvalue weighted by atomic mass is 16.5.